The normalized spacial score (nSPS) is 10.4. The summed E-state index contributed by atoms with van der Waals surface area (Å²) in [6, 6.07) is 10.9. The Labute approximate surface area is 106 Å². The average molecular weight is 241 g/mol. The van der Waals surface area contributed by atoms with E-state index in [9.17, 15) is 4.79 Å². The maximum atomic E-state index is 12.2. The molecule has 2 aromatic rings. The second kappa shape index (κ2) is 5.45. The van der Waals surface area contributed by atoms with Crippen LogP contribution in [0.1, 0.15) is 29.8 Å². The first-order chi connectivity index (χ1) is 8.66. The third kappa shape index (κ3) is 2.94. The average Bonchev–Trinajstić information content (AvgIpc) is 2.38. The summed E-state index contributed by atoms with van der Waals surface area (Å²) >= 11 is 0. The van der Waals surface area contributed by atoms with Gasteiger partial charge in [0.15, 0.2) is 5.78 Å². The zero-order valence-electron chi connectivity index (χ0n) is 10.5. The molecular weight excluding hydrogens is 226 g/mol. The van der Waals surface area contributed by atoms with Gasteiger partial charge in [0.25, 0.3) is 0 Å². The van der Waals surface area contributed by atoms with E-state index in [0.717, 1.165) is 0 Å². The number of ketones is 1. The molecule has 2 rings (SSSR count). The van der Waals surface area contributed by atoms with E-state index < -0.39 is 0 Å². The van der Waals surface area contributed by atoms with Crippen LogP contribution in [-0.2, 0) is 0 Å². The Morgan fingerprint density at radius 3 is 2.50 bits per heavy atom. The second-order valence-electron chi connectivity index (χ2n) is 4.27. The molecule has 3 nitrogen and oxygen atoms in total. The summed E-state index contributed by atoms with van der Waals surface area (Å²) in [4.78, 5) is 16.2. The molecule has 18 heavy (non-hydrogen) atoms. The van der Waals surface area contributed by atoms with Crippen LogP contribution in [0.3, 0.4) is 0 Å². The summed E-state index contributed by atoms with van der Waals surface area (Å²) in [6.07, 6.45) is 3.23. The molecule has 0 aliphatic heterocycles. The van der Waals surface area contributed by atoms with E-state index in [2.05, 4.69) is 4.98 Å². The summed E-state index contributed by atoms with van der Waals surface area (Å²) in [7, 11) is 0. The van der Waals surface area contributed by atoms with Crippen LogP contribution >= 0.6 is 0 Å². The van der Waals surface area contributed by atoms with Gasteiger partial charge in [-0.05, 0) is 19.9 Å². The molecule has 92 valence electrons. The number of rotatable bonds is 4. The molecule has 3 heteroatoms. The molecule has 0 unspecified atom stereocenters. The highest BCUT2D eigenvalue weighted by Crippen LogP contribution is 2.16. The van der Waals surface area contributed by atoms with Crippen molar-refractivity contribution in [2.45, 2.75) is 20.0 Å². The Morgan fingerprint density at radius 1 is 1.11 bits per heavy atom. The van der Waals surface area contributed by atoms with Crippen LogP contribution in [0.4, 0.5) is 0 Å². The molecule has 1 aromatic carbocycles. The SMILES string of the molecule is CC(C)Oc1cncc(C(=O)c2ccccc2)c1. The van der Waals surface area contributed by atoms with E-state index >= 15 is 0 Å². The first kappa shape index (κ1) is 12.3. The smallest absolute Gasteiger partial charge is 0.194 e. The summed E-state index contributed by atoms with van der Waals surface area (Å²) in [5.41, 5.74) is 1.19. The molecule has 0 radical (unpaired) electrons. The van der Waals surface area contributed by atoms with Crippen molar-refractivity contribution in [3.63, 3.8) is 0 Å². The highest BCUT2D eigenvalue weighted by Gasteiger charge is 2.10. The topological polar surface area (TPSA) is 39.2 Å². The maximum Gasteiger partial charge on any atom is 0.194 e. The molecule has 0 N–H and O–H groups in total. The zero-order chi connectivity index (χ0) is 13.0. The van der Waals surface area contributed by atoms with Crippen LogP contribution in [-0.4, -0.2) is 16.9 Å². The third-order valence-corrected chi connectivity index (χ3v) is 2.38. The van der Waals surface area contributed by atoms with Crippen LogP contribution < -0.4 is 4.74 Å². The van der Waals surface area contributed by atoms with Crippen LogP contribution in [0.15, 0.2) is 48.8 Å². The monoisotopic (exact) mass is 241 g/mol. The number of carbonyl (C=O) groups is 1. The predicted octanol–water partition coefficient (Wildman–Crippen LogP) is 3.10. The molecule has 0 spiro atoms. The van der Waals surface area contributed by atoms with Gasteiger partial charge in [0, 0.05) is 17.3 Å². The first-order valence-corrected chi connectivity index (χ1v) is 5.88. The van der Waals surface area contributed by atoms with Crippen LogP contribution in [0, 0.1) is 0 Å². The first-order valence-electron chi connectivity index (χ1n) is 5.88. The number of hydrogen-bond acceptors (Lipinski definition) is 3. The van der Waals surface area contributed by atoms with Gasteiger partial charge in [-0.3, -0.25) is 9.78 Å². The Balaban J connectivity index is 2.26. The Kier molecular flexibility index (Phi) is 3.72. The highest BCUT2D eigenvalue weighted by molar-refractivity contribution is 6.08. The van der Waals surface area contributed by atoms with Gasteiger partial charge in [-0.2, -0.15) is 0 Å². The lowest BCUT2D eigenvalue weighted by Crippen LogP contribution is -2.07. The number of ether oxygens (including phenoxy) is 1. The summed E-state index contributed by atoms with van der Waals surface area (Å²) < 4.78 is 5.53. The molecule has 0 aliphatic carbocycles. The second-order valence-corrected chi connectivity index (χ2v) is 4.27. The van der Waals surface area contributed by atoms with Gasteiger partial charge in [-0.15, -0.1) is 0 Å². The molecule has 0 fully saturated rings. The molecular formula is C15H15NO2. The Bertz CT molecular complexity index is 535. The lowest BCUT2D eigenvalue weighted by atomic mass is 10.1. The standard InChI is InChI=1S/C15H15NO2/c1-11(2)18-14-8-13(9-16-10-14)15(17)12-6-4-3-5-7-12/h3-11H,1-2H3. The van der Waals surface area contributed by atoms with Gasteiger partial charge in [0.2, 0.25) is 0 Å². The van der Waals surface area contributed by atoms with E-state index in [1.54, 1.807) is 30.6 Å². The van der Waals surface area contributed by atoms with Crippen molar-refractivity contribution in [1.29, 1.82) is 0 Å². The fourth-order valence-electron chi connectivity index (χ4n) is 1.64. The minimum Gasteiger partial charge on any atom is -0.489 e. The third-order valence-electron chi connectivity index (χ3n) is 2.38. The Morgan fingerprint density at radius 2 is 1.83 bits per heavy atom. The maximum absolute atomic E-state index is 12.2. The fourth-order valence-corrected chi connectivity index (χ4v) is 1.64. The molecule has 0 saturated carbocycles. The summed E-state index contributed by atoms with van der Waals surface area (Å²) in [5.74, 6) is 0.573. The lowest BCUT2D eigenvalue weighted by molar-refractivity contribution is 0.103. The van der Waals surface area contributed by atoms with Gasteiger partial charge in [0.05, 0.1) is 12.3 Å². The number of carbonyl (C=O) groups excluding carboxylic acids is 1. The van der Waals surface area contributed by atoms with Crippen LogP contribution in [0.5, 0.6) is 5.75 Å². The van der Waals surface area contributed by atoms with Crippen molar-refractivity contribution in [2.24, 2.45) is 0 Å². The molecule has 0 atom stereocenters. The zero-order valence-corrected chi connectivity index (χ0v) is 10.5. The van der Waals surface area contributed by atoms with Crippen molar-refractivity contribution in [1.82, 2.24) is 4.98 Å². The quantitative estimate of drug-likeness (QED) is 0.772. The molecule has 0 aliphatic rings. The predicted molar refractivity (Wildman–Crippen MR) is 69.9 cm³/mol. The summed E-state index contributed by atoms with van der Waals surface area (Å²) in [5, 5.41) is 0. The molecule has 1 heterocycles. The number of aromatic nitrogens is 1. The van der Waals surface area contributed by atoms with Gasteiger partial charge in [0.1, 0.15) is 5.75 Å². The van der Waals surface area contributed by atoms with Gasteiger partial charge >= 0.3 is 0 Å². The minimum absolute atomic E-state index is 0.0442. The van der Waals surface area contributed by atoms with Gasteiger partial charge in [-0.1, -0.05) is 30.3 Å². The van der Waals surface area contributed by atoms with Crippen molar-refractivity contribution < 1.29 is 9.53 Å². The summed E-state index contributed by atoms with van der Waals surface area (Å²) in [6.45, 7) is 3.87. The van der Waals surface area contributed by atoms with Crippen molar-refractivity contribution in [3.05, 3.63) is 59.9 Å². The van der Waals surface area contributed by atoms with Gasteiger partial charge in [-0.25, -0.2) is 0 Å². The number of benzene rings is 1. The highest BCUT2D eigenvalue weighted by atomic mass is 16.5. The Hall–Kier alpha value is -2.16. The van der Waals surface area contributed by atoms with Crippen molar-refractivity contribution >= 4 is 5.78 Å². The molecule has 1 aromatic heterocycles. The molecule has 0 saturated heterocycles. The number of pyridine rings is 1. The fraction of sp³-hybridized carbons (Fsp3) is 0.200. The molecule has 0 amide bonds. The van der Waals surface area contributed by atoms with E-state index in [1.165, 1.54) is 0 Å². The van der Waals surface area contributed by atoms with E-state index in [1.807, 2.05) is 32.0 Å². The molecule has 0 bridgehead atoms. The van der Waals surface area contributed by atoms with Crippen LogP contribution in [0.2, 0.25) is 0 Å². The van der Waals surface area contributed by atoms with E-state index in [0.29, 0.717) is 16.9 Å². The lowest BCUT2D eigenvalue weighted by Gasteiger charge is -2.09. The van der Waals surface area contributed by atoms with Crippen LogP contribution in [0.25, 0.3) is 0 Å². The largest absolute Gasteiger partial charge is 0.489 e. The number of nitrogens with zero attached hydrogens (tertiary/aromatic N) is 1. The minimum atomic E-state index is -0.0442. The van der Waals surface area contributed by atoms with Crippen molar-refractivity contribution in [3.8, 4) is 5.75 Å². The van der Waals surface area contributed by atoms with Gasteiger partial charge < -0.3 is 4.74 Å². The van der Waals surface area contributed by atoms with E-state index in [4.69, 9.17) is 4.74 Å². The number of hydrogen-bond donors (Lipinski definition) is 0. The van der Waals surface area contributed by atoms with E-state index in [-0.39, 0.29) is 11.9 Å². The van der Waals surface area contributed by atoms with Crippen molar-refractivity contribution in [2.75, 3.05) is 0 Å².